The van der Waals surface area contributed by atoms with Crippen LogP contribution in [0, 0.1) is 6.92 Å². The summed E-state index contributed by atoms with van der Waals surface area (Å²) in [5, 5.41) is 0. The average molecular weight is 418 g/mol. The molecule has 1 N–H and O–H groups in total. The number of aromatic nitrogens is 2. The summed E-state index contributed by atoms with van der Waals surface area (Å²) in [6.45, 7) is 8.72. The summed E-state index contributed by atoms with van der Waals surface area (Å²) in [5.74, 6) is 1.94. The van der Waals surface area contributed by atoms with E-state index < -0.39 is 10.0 Å². The molecule has 1 amide bonds. The minimum atomic E-state index is -3.34. The van der Waals surface area contributed by atoms with Crippen molar-refractivity contribution in [1.29, 1.82) is 0 Å². The highest BCUT2D eigenvalue weighted by Crippen LogP contribution is 2.20. The Morgan fingerprint density at radius 2 is 1.69 bits per heavy atom. The van der Waals surface area contributed by atoms with E-state index in [0.29, 0.717) is 37.4 Å². The fourth-order valence-electron chi connectivity index (χ4n) is 3.21. The number of benzene rings is 1. The van der Waals surface area contributed by atoms with Gasteiger partial charge in [-0.3, -0.25) is 9.52 Å². The zero-order chi connectivity index (χ0) is 21.2. The minimum absolute atomic E-state index is 0.0581. The van der Waals surface area contributed by atoms with Gasteiger partial charge in [0.05, 0.1) is 6.26 Å². The standard InChI is InChI=1S/C20H27N5O3S/c1-14(2)19-21-15(3)13-18(22-19)24-9-11-25(12-10-24)20(26)16-5-7-17(8-6-16)23-29(4,27)28/h5-8,13-14,23H,9-12H2,1-4H3. The molecule has 0 spiro atoms. The van der Waals surface area contributed by atoms with Crippen LogP contribution in [0.4, 0.5) is 11.5 Å². The van der Waals surface area contributed by atoms with Gasteiger partial charge >= 0.3 is 0 Å². The number of carbonyl (C=O) groups excluding carboxylic acids is 1. The molecule has 2 aromatic rings. The van der Waals surface area contributed by atoms with E-state index in [9.17, 15) is 13.2 Å². The molecule has 8 nitrogen and oxygen atoms in total. The molecule has 29 heavy (non-hydrogen) atoms. The fraction of sp³-hybridized carbons (Fsp3) is 0.450. The van der Waals surface area contributed by atoms with Gasteiger partial charge in [0.25, 0.3) is 5.91 Å². The fourth-order valence-corrected chi connectivity index (χ4v) is 3.78. The van der Waals surface area contributed by atoms with E-state index >= 15 is 0 Å². The Balaban J connectivity index is 1.64. The smallest absolute Gasteiger partial charge is 0.253 e. The predicted octanol–water partition coefficient (Wildman–Crippen LogP) is 2.24. The van der Waals surface area contributed by atoms with E-state index in [0.717, 1.165) is 23.6 Å². The van der Waals surface area contributed by atoms with Gasteiger partial charge in [-0.25, -0.2) is 18.4 Å². The van der Waals surface area contributed by atoms with Gasteiger partial charge in [0.2, 0.25) is 10.0 Å². The van der Waals surface area contributed by atoms with Crippen molar-refractivity contribution in [3.63, 3.8) is 0 Å². The van der Waals surface area contributed by atoms with Gasteiger partial charge in [-0.05, 0) is 31.2 Å². The molecule has 0 atom stereocenters. The Morgan fingerprint density at radius 3 is 2.24 bits per heavy atom. The highest BCUT2D eigenvalue weighted by atomic mass is 32.2. The maximum absolute atomic E-state index is 12.8. The van der Waals surface area contributed by atoms with E-state index in [-0.39, 0.29) is 11.8 Å². The summed E-state index contributed by atoms with van der Waals surface area (Å²) in [6.07, 6.45) is 1.09. The van der Waals surface area contributed by atoms with Crippen molar-refractivity contribution in [2.45, 2.75) is 26.7 Å². The lowest BCUT2D eigenvalue weighted by Gasteiger charge is -2.35. The van der Waals surface area contributed by atoms with Crippen molar-refractivity contribution in [3.05, 3.63) is 47.4 Å². The van der Waals surface area contributed by atoms with E-state index in [4.69, 9.17) is 0 Å². The highest BCUT2D eigenvalue weighted by molar-refractivity contribution is 7.92. The molecule has 3 rings (SSSR count). The Labute approximate surface area is 172 Å². The molecule has 0 unspecified atom stereocenters. The first-order valence-electron chi connectivity index (χ1n) is 9.60. The van der Waals surface area contributed by atoms with Gasteiger partial charge in [-0.15, -0.1) is 0 Å². The average Bonchev–Trinajstić information content (AvgIpc) is 2.66. The van der Waals surface area contributed by atoms with Crippen LogP contribution >= 0.6 is 0 Å². The van der Waals surface area contributed by atoms with Crippen LogP contribution in [0.3, 0.4) is 0 Å². The number of carbonyl (C=O) groups is 1. The van der Waals surface area contributed by atoms with E-state index in [1.54, 1.807) is 24.3 Å². The Bertz CT molecular complexity index is 982. The summed E-state index contributed by atoms with van der Waals surface area (Å²) in [4.78, 5) is 26.0. The number of sulfonamides is 1. The molecule has 0 saturated carbocycles. The quantitative estimate of drug-likeness (QED) is 0.802. The summed E-state index contributed by atoms with van der Waals surface area (Å²) in [5.41, 5.74) is 1.92. The molecule has 1 saturated heterocycles. The summed E-state index contributed by atoms with van der Waals surface area (Å²) >= 11 is 0. The Hall–Kier alpha value is -2.68. The number of nitrogens with one attached hydrogen (secondary N) is 1. The number of amides is 1. The van der Waals surface area contributed by atoms with Gasteiger partial charge in [-0.1, -0.05) is 13.8 Å². The second-order valence-corrected chi connectivity index (χ2v) is 9.36. The first kappa shape index (κ1) is 21.0. The summed E-state index contributed by atoms with van der Waals surface area (Å²) < 4.78 is 25.0. The Morgan fingerprint density at radius 1 is 1.07 bits per heavy atom. The summed E-state index contributed by atoms with van der Waals surface area (Å²) in [7, 11) is -3.34. The molecular formula is C20H27N5O3S. The lowest BCUT2D eigenvalue weighted by atomic mass is 10.1. The molecule has 1 aromatic heterocycles. The molecule has 9 heteroatoms. The number of anilines is 2. The number of hydrogen-bond acceptors (Lipinski definition) is 6. The van der Waals surface area contributed by atoms with Crippen molar-refractivity contribution in [1.82, 2.24) is 14.9 Å². The Kier molecular flexibility index (Phi) is 6.07. The van der Waals surface area contributed by atoms with E-state index in [1.807, 2.05) is 17.9 Å². The van der Waals surface area contributed by atoms with Crippen molar-refractivity contribution in [3.8, 4) is 0 Å². The van der Waals surface area contributed by atoms with Gasteiger partial charge in [0.1, 0.15) is 11.6 Å². The van der Waals surface area contributed by atoms with Crippen LogP contribution in [0.2, 0.25) is 0 Å². The van der Waals surface area contributed by atoms with Crippen LogP contribution in [0.15, 0.2) is 30.3 Å². The van der Waals surface area contributed by atoms with Crippen LogP contribution in [0.1, 0.15) is 41.6 Å². The first-order chi connectivity index (χ1) is 13.6. The zero-order valence-corrected chi connectivity index (χ0v) is 18.0. The number of hydrogen-bond donors (Lipinski definition) is 1. The molecule has 2 heterocycles. The molecule has 0 aliphatic carbocycles. The van der Waals surface area contributed by atoms with Crippen LogP contribution in [-0.2, 0) is 10.0 Å². The number of nitrogens with zero attached hydrogens (tertiary/aromatic N) is 4. The summed E-state index contributed by atoms with van der Waals surface area (Å²) in [6, 6.07) is 8.47. The second kappa shape index (κ2) is 8.36. The molecule has 1 aromatic carbocycles. The molecule has 1 aliphatic heterocycles. The van der Waals surface area contributed by atoms with Crippen LogP contribution < -0.4 is 9.62 Å². The normalized spacial score (nSPS) is 14.9. The van der Waals surface area contributed by atoms with Gasteiger partial charge in [-0.2, -0.15) is 0 Å². The third kappa shape index (κ3) is 5.44. The maximum atomic E-state index is 12.8. The molecule has 1 fully saturated rings. The topological polar surface area (TPSA) is 95.5 Å². The van der Waals surface area contributed by atoms with E-state index in [1.165, 1.54) is 0 Å². The van der Waals surface area contributed by atoms with Crippen LogP contribution in [0.25, 0.3) is 0 Å². The molecule has 156 valence electrons. The lowest BCUT2D eigenvalue weighted by Crippen LogP contribution is -2.49. The lowest BCUT2D eigenvalue weighted by molar-refractivity contribution is 0.0746. The molecule has 1 aliphatic rings. The third-order valence-electron chi connectivity index (χ3n) is 4.70. The third-order valence-corrected chi connectivity index (χ3v) is 5.31. The van der Waals surface area contributed by atoms with Crippen molar-refractivity contribution >= 4 is 27.4 Å². The predicted molar refractivity (Wildman–Crippen MR) is 114 cm³/mol. The van der Waals surface area contributed by atoms with Gasteiger partial charge in [0, 0.05) is 55.1 Å². The maximum Gasteiger partial charge on any atom is 0.253 e. The van der Waals surface area contributed by atoms with Crippen molar-refractivity contribution in [2.75, 3.05) is 42.1 Å². The number of aryl methyl sites for hydroxylation is 1. The van der Waals surface area contributed by atoms with E-state index in [2.05, 4.69) is 33.4 Å². The number of piperazine rings is 1. The van der Waals surface area contributed by atoms with Crippen LogP contribution in [-0.4, -0.2) is 61.6 Å². The largest absolute Gasteiger partial charge is 0.353 e. The number of rotatable bonds is 5. The van der Waals surface area contributed by atoms with Crippen LogP contribution in [0.5, 0.6) is 0 Å². The van der Waals surface area contributed by atoms with Gasteiger partial charge < -0.3 is 9.80 Å². The van der Waals surface area contributed by atoms with Gasteiger partial charge in [0.15, 0.2) is 0 Å². The van der Waals surface area contributed by atoms with Crippen molar-refractivity contribution < 1.29 is 13.2 Å². The SMILES string of the molecule is Cc1cc(N2CCN(C(=O)c3ccc(NS(C)(=O)=O)cc3)CC2)nc(C(C)C)n1. The molecule has 0 radical (unpaired) electrons. The highest BCUT2D eigenvalue weighted by Gasteiger charge is 2.23. The van der Waals surface area contributed by atoms with Crippen molar-refractivity contribution in [2.24, 2.45) is 0 Å². The zero-order valence-electron chi connectivity index (χ0n) is 17.2. The second-order valence-electron chi connectivity index (χ2n) is 7.61. The molecule has 0 bridgehead atoms. The molecular weight excluding hydrogens is 390 g/mol. The first-order valence-corrected chi connectivity index (χ1v) is 11.5. The minimum Gasteiger partial charge on any atom is -0.353 e. The monoisotopic (exact) mass is 417 g/mol.